The van der Waals surface area contributed by atoms with E-state index >= 15 is 0 Å². The second-order valence-electron chi connectivity index (χ2n) is 9.00. The molecular weight excluding hydrogens is 524 g/mol. The smallest absolute Gasteiger partial charge is 0.332 e. The number of amides is 2. The van der Waals surface area contributed by atoms with E-state index in [1.165, 1.54) is 20.5 Å². The molecule has 0 aliphatic rings. The number of thiophene rings is 1. The van der Waals surface area contributed by atoms with E-state index in [1.807, 2.05) is 43.3 Å². The molecule has 8 nitrogen and oxygen atoms in total. The van der Waals surface area contributed by atoms with Gasteiger partial charge in [-0.1, -0.05) is 54.4 Å². The minimum absolute atomic E-state index is 0.0795. The molecule has 4 aromatic rings. The van der Waals surface area contributed by atoms with Crippen LogP contribution in [0, 0.1) is 6.92 Å². The van der Waals surface area contributed by atoms with Crippen molar-refractivity contribution in [1.82, 2.24) is 14.5 Å². The summed E-state index contributed by atoms with van der Waals surface area (Å²) in [6, 6.07) is 16.4. The summed E-state index contributed by atoms with van der Waals surface area (Å²) < 4.78 is 2.98. The number of benzene rings is 2. The van der Waals surface area contributed by atoms with Crippen molar-refractivity contribution in [2.45, 2.75) is 52.2 Å². The fourth-order valence-electron chi connectivity index (χ4n) is 4.19. The maximum Gasteiger partial charge on any atom is 0.332 e. The molecule has 2 aromatic carbocycles. The number of halogens is 1. The number of fused-ring (bicyclic) bond motifs is 1. The molecule has 2 heterocycles. The predicted molar refractivity (Wildman–Crippen MR) is 152 cm³/mol. The molecule has 2 amide bonds. The number of unbranched alkanes of at least 4 members (excludes halogenated alkanes) is 2. The van der Waals surface area contributed by atoms with Gasteiger partial charge in [0.1, 0.15) is 11.2 Å². The number of aryl methyl sites for hydroxylation is 1. The Morgan fingerprint density at radius 1 is 0.921 bits per heavy atom. The molecule has 10 heteroatoms. The van der Waals surface area contributed by atoms with Gasteiger partial charge in [-0.05, 0) is 54.5 Å². The summed E-state index contributed by atoms with van der Waals surface area (Å²) in [5.41, 5.74) is 2.03. The molecular formula is C28H29ClN4O4S. The molecule has 0 saturated carbocycles. The highest BCUT2D eigenvalue weighted by Crippen LogP contribution is 2.17. The SMILES string of the molecule is Cc1ccccc1NC(=O)Cn1c(=O)n(CCCCCC(=O)NCc2ccccc2Cl)c(=O)c2sccc21. The van der Waals surface area contributed by atoms with Gasteiger partial charge in [0.15, 0.2) is 0 Å². The third-order valence-corrected chi connectivity index (χ3v) is 7.54. The van der Waals surface area contributed by atoms with Gasteiger partial charge in [0.25, 0.3) is 5.56 Å². The van der Waals surface area contributed by atoms with Crippen molar-refractivity contribution in [2.75, 3.05) is 5.32 Å². The highest BCUT2D eigenvalue weighted by molar-refractivity contribution is 7.17. The molecule has 0 spiro atoms. The number of anilines is 1. The van der Waals surface area contributed by atoms with Crippen LogP contribution in [0.3, 0.4) is 0 Å². The normalized spacial score (nSPS) is 11.0. The van der Waals surface area contributed by atoms with Gasteiger partial charge in [0, 0.05) is 30.2 Å². The third kappa shape index (κ3) is 6.59. The summed E-state index contributed by atoms with van der Waals surface area (Å²) in [7, 11) is 0. The van der Waals surface area contributed by atoms with E-state index in [1.54, 1.807) is 23.6 Å². The van der Waals surface area contributed by atoms with Crippen LogP contribution in [0.15, 0.2) is 69.6 Å². The molecule has 38 heavy (non-hydrogen) atoms. The van der Waals surface area contributed by atoms with Crippen molar-refractivity contribution >= 4 is 50.7 Å². The molecule has 4 rings (SSSR count). The van der Waals surface area contributed by atoms with Gasteiger partial charge in [-0.25, -0.2) is 4.79 Å². The molecule has 0 unspecified atom stereocenters. The second-order valence-corrected chi connectivity index (χ2v) is 10.3. The molecule has 0 radical (unpaired) electrons. The summed E-state index contributed by atoms with van der Waals surface area (Å²) in [5.74, 6) is -0.425. The van der Waals surface area contributed by atoms with Crippen molar-refractivity contribution < 1.29 is 9.59 Å². The number of nitrogens with zero attached hydrogens (tertiary/aromatic N) is 2. The van der Waals surface area contributed by atoms with Gasteiger partial charge in [-0.3, -0.25) is 23.5 Å². The Morgan fingerprint density at radius 3 is 2.47 bits per heavy atom. The fourth-order valence-corrected chi connectivity index (χ4v) is 5.23. The van der Waals surface area contributed by atoms with Crippen LogP contribution in [0.2, 0.25) is 5.02 Å². The van der Waals surface area contributed by atoms with Gasteiger partial charge in [0.2, 0.25) is 11.8 Å². The van der Waals surface area contributed by atoms with E-state index in [2.05, 4.69) is 10.6 Å². The molecule has 2 aromatic heterocycles. The van der Waals surface area contributed by atoms with Crippen LogP contribution < -0.4 is 21.9 Å². The van der Waals surface area contributed by atoms with Gasteiger partial charge in [-0.15, -0.1) is 11.3 Å². The number of para-hydroxylation sites is 1. The Morgan fingerprint density at radius 2 is 1.68 bits per heavy atom. The average molecular weight is 553 g/mol. The second kappa shape index (κ2) is 12.7. The first kappa shape index (κ1) is 27.3. The number of nitrogens with one attached hydrogen (secondary N) is 2. The van der Waals surface area contributed by atoms with Crippen molar-refractivity contribution in [2.24, 2.45) is 0 Å². The lowest BCUT2D eigenvalue weighted by Gasteiger charge is -2.13. The third-order valence-electron chi connectivity index (χ3n) is 6.28. The Labute approximate surface area is 228 Å². The number of aromatic nitrogens is 2. The molecule has 0 bridgehead atoms. The van der Waals surface area contributed by atoms with Gasteiger partial charge < -0.3 is 10.6 Å². The van der Waals surface area contributed by atoms with E-state index < -0.39 is 5.69 Å². The zero-order chi connectivity index (χ0) is 27.1. The fraction of sp³-hybridized carbons (Fsp3) is 0.286. The van der Waals surface area contributed by atoms with Crippen LogP contribution in [0.5, 0.6) is 0 Å². The van der Waals surface area contributed by atoms with Crippen molar-refractivity contribution in [1.29, 1.82) is 0 Å². The molecule has 0 atom stereocenters. The van der Waals surface area contributed by atoms with E-state index in [0.29, 0.717) is 53.2 Å². The van der Waals surface area contributed by atoms with Crippen LogP contribution in [-0.4, -0.2) is 20.9 Å². The van der Waals surface area contributed by atoms with E-state index in [4.69, 9.17) is 11.6 Å². The topological polar surface area (TPSA) is 102 Å². The van der Waals surface area contributed by atoms with E-state index in [-0.39, 0.29) is 30.5 Å². The summed E-state index contributed by atoms with van der Waals surface area (Å²) in [6.07, 6.45) is 2.19. The van der Waals surface area contributed by atoms with Gasteiger partial charge >= 0.3 is 5.69 Å². The van der Waals surface area contributed by atoms with Crippen molar-refractivity contribution in [3.8, 4) is 0 Å². The maximum absolute atomic E-state index is 13.3. The molecule has 2 N–H and O–H groups in total. The first-order valence-corrected chi connectivity index (χ1v) is 13.7. The van der Waals surface area contributed by atoms with E-state index in [9.17, 15) is 19.2 Å². The molecule has 0 aliphatic carbocycles. The number of hydrogen-bond acceptors (Lipinski definition) is 5. The van der Waals surface area contributed by atoms with E-state index in [0.717, 1.165) is 11.1 Å². The Hall–Kier alpha value is -3.69. The van der Waals surface area contributed by atoms with Gasteiger partial charge in [0.05, 0.1) is 5.52 Å². The quantitative estimate of drug-likeness (QED) is 0.263. The average Bonchev–Trinajstić information content (AvgIpc) is 3.39. The number of carbonyl (C=O) groups excluding carboxylic acids is 2. The van der Waals surface area contributed by atoms with Crippen LogP contribution in [0.4, 0.5) is 5.69 Å². The lowest BCUT2D eigenvalue weighted by atomic mass is 10.1. The van der Waals surface area contributed by atoms with Crippen molar-refractivity contribution in [3.05, 3.63) is 97.0 Å². The van der Waals surface area contributed by atoms with Crippen LogP contribution in [0.25, 0.3) is 10.2 Å². The lowest BCUT2D eigenvalue weighted by Crippen LogP contribution is -2.41. The largest absolute Gasteiger partial charge is 0.352 e. The summed E-state index contributed by atoms with van der Waals surface area (Å²) in [4.78, 5) is 51.2. The lowest BCUT2D eigenvalue weighted by molar-refractivity contribution is -0.121. The Balaban J connectivity index is 1.35. The standard InChI is InChI=1S/C28H29ClN4O4S/c1-19-9-4-7-12-22(19)31-25(35)18-33-23-14-16-38-26(23)27(36)32(28(33)37)15-8-2-3-13-24(34)30-17-20-10-5-6-11-21(20)29/h4-7,9-12,14,16H,2-3,8,13,15,17-18H2,1H3,(H,30,34)(H,31,35). The van der Waals surface area contributed by atoms with Crippen LogP contribution in [-0.2, 0) is 29.2 Å². The van der Waals surface area contributed by atoms with Crippen LogP contribution in [0.1, 0.15) is 36.8 Å². The number of carbonyl (C=O) groups is 2. The van der Waals surface area contributed by atoms with Crippen molar-refractivity contribution in [3.63, 3.8) is 0 Å². The molecule has 0 saturated heterocycles. The first-order valence-electron chi connectivity index (χ1n) is 12.4. The monoisotopic (exact) mass is 552 g/mol. The zero-order valence-corrected chi connectivity index (χ0v) is 22.6. The molecule has 0 aliphatic heterocycles. The number of hydrogen-bond donors (Lipinski definition) is 2. The Bertz CT molecular complexity index is 1570. The minimum Gasteiger partial charge on any atom is -0.352 e. The highest BCUT2D eigenvalue weighted by Gasteiger charge is 2.17. The van der Waals surface area contributed by atoms with Gasteiger partial charge in [-0.2, -0.15) is 0 Å². The predicted octanol–water partition coefficient (Wildman–Crippen LogP) is 4.70. The Kier molecular flexibility index (Phi) is 9.15. The summed E-state index contributed by atoms with van der Waals surface area (Å²) >= 11 is 7.37. The molecule has 198 valence electrons. The highest BCUT2D eigenvalue weighted by atomic mass is 35.5. The molecule has 0 fully saturated rings. The summed E-state index contributed by atoms with van der Waals surface area (Å²) in [5, 5.41) is 8.06. The summed E-state index contributed by atoms with van der Waals surface area (Å²) in [6.45, 7) is 2.27. The maximum atomic E-state index is 13.3. The number of rotatable bonds is 11. The first-order chi connectivity index (χ1) is 18.3. The zero-order valence-electron chi connectivity index (χ0n) is 21.0. The minimum atomic E-state index is -0.515. The van der Waals surface area contributed by atoms with Crippen LogP contribution >= 0.6 is 22.9 Å².